The molecule has 0 saturated carbocycles. The lowest BCUT2D eigenvalue weighted by molar-refractivity contribution is -0.136. The Balaban J connectivity index is 1.64. The van der Waals surface area contributed by atoms with E-state index in [-0.39, 0.29) is 12.3 Å². The quantitative estimate of drug-likeness (QED) is 0.795. The molecule has 0 bridgehead atoms. The van der Waals surface area contributed by atoms with Crippen molar-refractivity contribution in [2.45, 2.75) is 25.7 Å². The number of hydrogen-bond donors (Lipinski definition) is 1. The van der Waals surface area contributed by atoms with Gasteiger partial charge in [0.15, 0.2) is 0 Å². The molecule has 0 unspecified atom stereocenters. The van der Waals surface area contributed by atoms with Gasteiger partial charge in [-0.2, -0.15) is 0 Å². The molecule has 28 heavy (non-hydrogen) atoms. The second kappa shape index (κ2) is 9.46. The zero-order valence-corrected chi connectivity index (χ0v) is 16.1. The number of aliphatic carboxylic acids is 1. The Bertz CT molecular complexity index is 800. The van der Waals surface area contributed by atoms with Crippen molar-refractivity contribution >= 4 is 11.9 Å². The fraction of sp³-hybridized carbons (Fsp3) is 0.409. The van der Waals surface area contributed by atoms with Crippen molar-refractivity contribution in [2.24, 2.45) is 5.92 Å². The fourth-order valence-electron chi connectivity index (χ4n) is 3.59. The number of aromatic nitrogens is 1. The van der Waals surface area contributed by atoms with Crippen LogP contribution in [0.4, 0.5) is 0 Å². The van der Waals surface area contributed by atoms with Crippen LogP contribution in [0.1, 0.15) is 35.2 Å². The van der Waals surface area contributed by atoms with Crippen LogP contribution < -0.4 is 0 Å². The van der Waals surface area contributed by atoms with Crippen LogP contribution in [-0.4, -0.2) is 53.7 Å². The predicted molar refractivity (Wildman–Crippen MR) is 106 cm³/mol. The number of nitrogens with zero attached hydrogens (tertiary/aromatic N) is 2. The number of carboxylic acids is 1. The molecule has 1 fully saturated rings. The minimum Gasteiger partial charge on any atom is -0.481 e. The van der Waals surface area contributed by atoms with E-state index in [1.165, 1.54) is 0 Å². The molecular formula is C22H26N2O4. The highest BCUT2D eigenvalue weighted by molar-refractivity contribution is 5.94. The average Bonchev–Trinajstić information content (AvgIpc) is 2.73. The number of carbonyl (C=O) groups is 2. The SMILES string of the molecule is COC[C@@H]1CCCN(C(=O)c2ccc(-c3ccc(CCC(=O)O)cc3)nc2)C1. The van der Waals surface area contributed by atoms with Crippen LogP contribution in [-0.2, 0) is 16.0 Å². The van der Waals surface area contributed by atoms with Crippen LogP contribution in [0.2, 0.25) is 0 Å². The highest BCUT2D eigenvalue weighted by Gasteiger charge is 2.24. The van der Waals surface area contributed by atoms with Crippen molar-refractivity contribution in [2.75, 3.05) is 26.8 Å². The third kappa shape index (κ3) is 5.16. The lowest BCUT2D eigenvalue weighted by Gasteiger charge is -2.32. The summed E-state index contributed by atoms with van der Waals surface area (Å²) in [4.78, 5) is 29.8. The summed E-state index contributed by atoms with van der Waals surface area (Å²) in [5.74, 6) is -0.383. The highest BCUT2D eigenvalue weighted by atomic mass is 16.5. The van der Waals surface area contributed by atoms with Gasteiger partial charge in [0, 0.05) is 38.4 Å². The van der Waals surface area contributed by atoms with Crippen molar-refractivity contribution in [3.63, 3.8) is 0 Å². The van der Waals surface area contributed by atoms with Crippen molar-refractivity contribution in [3.05, 3.63) is 53.7 Å². The molecule has 2 aromatic rings. The second-order valence-electron chi connectivity index (χ2n) is 7.24. The zero-order chi connectivity index (χ0) is 19.9. The molecule has 1 aromatic heterocycles. The maximum Gasteiger partial charge on any atom is 0.303 e. The molecule has 148 valence electrons. The van der Waals surface area contributed by atoms with Crippen LogP contribution >= 0.6 is 0 Å². The molecule has 6 nitrogen and oxygen atoms in total. The van der Waals surface area contributed by atoms with Gasteiger partial charge in [0.1, 0.15) is 0 Å². The van der Waals surface area contributed by atoms with Gasteiger partial charge in [-0.25, -0.2) is 0 Å². The Kier molecular flexibility index (Phi) is 6.76. The minimum absolute atomic E-state index is 0.0175. The number of carboxylic acid groups (broad SMARTS) is 1. The summed E-state index contributed by atoms with van der Waals surface area (Å²) < 4.78 is 5.24. The van der Waals surface area contributed by atoms with Crippen molar-refractivity contribution in [1.29, 1.82) is 0 Å². The number of piperidine rings is 1. The molecule has 0 radical (unpaired) electrons. The third-order valence-corrected chi connectivity index (χ3v) is 5.10. The van der Waals surface area contributed by atoms with Gasteiger partial charge in [-0.15, -0.1) is 0 Å². The number of pyridine rings is 1. The molecule has 0 aliphatic carbocycles. The molecule has 3 rings (SSSR count). The molecule has 1 atom stereocenters. The maximum absolute atomic E-state index is 12.8. The molecule has 1 aliphatic rings. The van der Waals surface area contributed by atoms with Crippen LogP contribution in [0.3, 0.4) is 0 Å². The molecule has 1 N–H and O–H groups in total. The largest absolute Gasteiger partial charge is 0.481 e. The Morgan fingerprint density at radius 1 is 1.21 bits per heavy atom. The number of ether oxygens (including phenoxy) is 1. The van der Waals surface area contributed by atoms with Gasteiger partial charge in [0.05, 0.1) is 17.9 Å². The van der Waals surface area contributed by atoms with E-state index in [2.05, 4.69) is 4.98 Å². The van der Waals surface area contributed by atoms with Crippen molar-refractivity contribution in [3.8, 4) is 11.3 Å². The molecule has 6 heteroatoms. The number of amides is 1. The Labute approximate surface area is 165 Å². The number of methoxy groups -OCH3 is 1. The van der Waals surface area contributed by atoms with Gasteiger partial charge < -0.3 is 14.7 Å². The van der Waals surface area contributed by atoms with E-state index in [0.29, 0.717) is 24.5 Å². The summed E-state index contributed by atoms with van der Waals surface area (Å²) >= 11 is 0. The summed E-state index contributed by atoms with van der Waals surface area (Å²) in [5, 5.41) is 8.77. The fourth-order valence-corrected chi connectivity index (χ4v) is 3.59. The molecule has 1 saturated heterocycles. The zero-order valence-electron chi connectivity index (χ0n) is 16.1. The first-order chi connectivity index (χ1) is 13.6. The van der Waals surface area contributed by atoms with E-state index < -0.39 is 5.97 Å². The number of aryl methyl sites for hydroxylation is 1. The average molecular weight is 382 g/mol. The molecule has 1 aliphatic heterocycles. The standard InChI is InChI=1S/C22H26N2O4/c1-28-15-17-3-2-12-24(14-17)22(27)19-9-10-20(23-13-19)18-7-4-16(5-8-18)6-11-21(25)26/h4-5,7-10,13,17H,2-3,6,11-12,14-15H2,1H3,(H,25,26)/t17-/m1/s1. The number of rotatable bonds is 7. The summed E-state index contributed by atoms with van der Waals surface area (Å²) in [7, 11) is 1.70. The topological polar surface area (TPSA) is 79.7 Å². The van der Waals surface area contributed by atoms with Crippen LogP contribution in [0.25, 0.3) is 11.3 Å². The number of benzene rings is 1. The number of hydrogen-bond acceptors (Lipinski definition) is 4. The molecule has 1 amide bonds. The minimum atomic E-state index is -0.798. The Morgan fingerprint density at radius 2 is 2.00 bits per heavy atom. The van der Waals surface area contributed by atoms with Gasteiger partial charge in [-0.1, -0.05) is 24.3 Å². The van der Waals surface area contributed by atoms with Crippen LogP contribution in [0, 0.1) is 5.92 Å². The summed E-state index contributed by atoms with van der Waals surface area (Å²) in [6.07, 6.45) is 4.36. The van der Waals surface area contributed by atoms with Gasteiger partial charge in [-0.3, -0.25) is 14.6 Å². The summed E-state index contributed by atoms with van der Waals surface area (Å²) in [6, 6.07) is 11.4. The third-order valence-electron chi connectivity index (χ3n) is 5.10. The summed E-state index contributed by atoms with van der Waals surface area (Å²) in [5.41, 5.74) is 3.31. The summed E-state index contributed by atoms with van der Waals surface area (Å²) in [6.45, 7) is 2.19. The van der Waals surface area contributed by atoms with E-state index in [1.54, 1.807) is 13.3 Å². The van der Waals surface area contributed by atoms with E-state index in [0.717, 1.165) is 42.8 Å². The molecule has 0 spiro atoms. The molecular weight excluding hydrogens is 356 g/mol. The maximum atomic E-state index is 12.8. The number of likely N-dealkylation sites (tertiary alicyclic amines) is 1. The van der Waals surface area contributed by atoms with Gasteiger partial charge in [0.25, 0.3) is 5.91 Å². The van der Waals surface area contributed by atoms with Crippen LogP contribution in [0.5, 0.6) is 0 Å². The van der Waals surface area contributed by atoms with Gasteiger partial charge >= 0.3 is 5.97 Å². The normalized spacial score (nSPS) is 16.8. The van der Waals surface area contributed by atoms with Gasteiger partial charge in [-0.05, 0) is 42.9 Å². The predicted octanol–water partition coefficient (Wildman–Crippen LogP) is 3.26. The van der Waals surface area contributed by atoms with Crippen molar-refractivity contribution < 1.29 is 19.4 Å². The Hall–Kier alpha value is -2.73. The molecule has 2 heterocycles. The van der Waals surface area contributed by atoms with E-state index in [4.69, 9.17) is 9.84 Å². The molecule has 1 aromatic carbocycles. The van der Waals surface area contributed by atoms with Gasteiger partial charge in [0.2, 0.25) is 0 Å². The lowest BCUT2D eigenvalue weighted by Crippen LogP contribution is -2.41. The van der Waals surface area contributed by atoms with Crippen LogP contribution in [0.15, 0.2) is 42.6 Å². The monoisotopic (exact) mass is 382 g/mol. The first-order valence-corrected chi connectivity index (χ1v) is 9.62. The number of carbonyl (C=O) groups excluding carboxylic acids is 1. The van der Waals surface area contributed by atoms with Crippen molar-refractivity contribution in [1.82, 2.24) is 9.88 Å². The van der Waals surface area contributed by atoms with E-state index >= 15 is 0 Å². The first-order valence-electron chi connectivity index (χ1n) is 9.62. The highest BCUT2D eigenvalue weighted by Crippen LogP contribution is 2.21. The smallest absolute Gasteiger partial charge is 0.303 e. The first kappa shape index (κ1) is 20.0. The Morgan fingerprint density at radius 3 is 2.64 bits per heavy atom. The lowest BCUT2D eigenvalue weighted by atomic mass is 9.98. The van der Waals surface area contributed by atoms with E-state index in [1.807, 2.05) is 41.3 Å². The van der Waals surface area contributed by atoms with E-state index in [9.17, 15) is 9.59 Å². The second-order valence-corrected chi connectivity index (χ2v) is 7.24.